The van der Waals surface area contributed by atoms with Crippen LogP contribution in [0.15, 0.2) is 36.5 Å². The van der Waals surface area contributed by atoms with Crippen molar-refractivity contribution in [1.29, 1.82) is 0 Å². The Morgan fingerprint density at radius 2 is 1.97 bits per heavy atom. The van der Waals surface area contributed by atoms with E-state index in [0.717, 1.165) is 16.0 Å². The molecule has 0 bridgehead atoms. The fraction of sp³-hybridized carbons (Fsp3) is 0.435. The van der Waals surface area contributed by atoms with Crippen molar-refractivity contribution in [2.75, 3.05) is 6.54 Å². The molecule has 9 nitrogen and oxygen atoms in total. The zero-order chi connectivity index (χ0) is 23.8. The molecule has 1 aromatic carbocycles. The number of ketones is 1. The number of alkyl carbamates (subject to hydrolysis) is 1. The molecule has 2 atom stereocenters. The van der Waals surface area contributed by atoms with Crippen molar-refractivity contribution >= 4 is 35.2 Å². The topological polar surface area (TPSA) is 126 Å². The number of aryl methyl sites for hydroxylation is 1. The first-order valence-corrected chi connectivity index (χ1v) is 11.6. The summed E-state index contributed by atoms with van der Waals surface area (Å²) < 4.78 is 9.41. The van der Waals surface area contributed by atoms with Gasteiger partial charge in [-0.05, 0) is 41.4 Å². The van der Waals surface area contributed by atoms with Gasteiger partial charge in [-0.1, -0.05) is 44.2 Å². The van der Waals surface area contributed by atoms with E-state index in [1.807, 2.05) is 30.3 Å². The first-order chi connectivity index (χ1) is 15.8. The molecule has 33 heavy (non-hydrogen) atoms. The maximum absolute atomic E-state index is 13.0. The van der Waals surface area contributed by atoms with Crippen molar-refractivity contribution in [3.8, 4) is 0 Å². The number of fused-ring (bicyclic) bond motifs is 1. The second-order valence-corrected chi connectivity index (χ2v) is 9.06. The molecule has 3 N–H and O–H groups in total. The van der Waals surface area contributed by atoms with Crippen LogP contribution in [0.4, 0.5) is 4.79 Å². The smallest absolute Gasteiger partial charge is 0.408 e. The summed E-state index contributed by atoms with van der Waals surface area (Å²) in [5.74, 6) is -2.26. The van der Waals surface area contributed by atoms with Crippen LogP contribution in [0.2, 0.25) is 0 Å². The standard InChI is InChI=1S/C23H28N4O5S/c1-14(2)19(27-23(31)32-13-15-6-4-3-5-7-15)21(29)26-17-9-8-16-12-25-33-18(16)10-11-24-22(30)20(17)28/h3-7,12,14,17,19H,8-11,13H2,1-2H3,(H,24,30)(H,26,29)(H,27,31). The van der Waals surface area contributed by atoms with E-state index in [9.17, 15) is 19.2 Å². The number of hydrogen-bond donors (Lipinski definition) is 3. The van der Waals surface area contributed by atoms with Gasteiger partial charge in [-0.15, -0.1) is 0 Å². The lowest BCUT2D eigenvalue weighted by Gasteiger charge is -2.25. The van der Waals surface area contributed by atoms with Crippen molar-refractivity contribution < 1.29 is 23.9 Å². The quantitative estimate of drug-likeness (QED) is 0.550. The molecule has 1 aliphatic rings. The maximum atomic E-state index is 13.0. The highest BCUT2D eigenvalue weighted by Crippen LogP contribution is 2.18. The Morgan fingerprint density at radius 3 is 2.70 bits per heavy atom. The molecule has 3 rings (SSSR count). The van der Waals surface area contributed by atoms with Crippen molar-refractivity contribution in [1.82, 2.24) is 20.3 Å². The lowest BCUT2D eigenvalue weighted by Crippen LogP contribution is -2.55. The van der Waals surface area contributed by atoms with E-state index < -0.39 is 35.8 Å². The van der Waals surface area contributed by atoms with Crippen molar-refractivity contribution in [3.63, 3.8) is 0 Å². The fourth-order valence-corrected chi connectivity index (χ4v) is 4.26. The zero-order valence-corrected chi connectivity index (χ0v) is 19.4. The SMILES string of the molecule is CC(C)C(NC(=O)OCc1ccccc1)C(=O)NC1CCc2cnsc2CCNC(=O)C1=O. The van der Waals surface area contributed by atoms with Crippen LogP contribution in [0.5, 0.6) is 0 Å². The summed E-state index contributed by atoms with van der Waals surface area (Å²) in [4.78, 5) is 51.3. The van der Waals surface area contributed by atoms with E-state index in [4.69, 9.17) is 4.74 Å². The molecule has 10 heteroatoms. The lowest BCUT2D eigenvalue weighted by atomic mass is 9.98. The first kappa shape index (κ1) is 24.4. The Balaban J connectivity index is 1.64. The third kappa shape index (κ3) is 6.85. The molecule has 2 unspecified atom stereocenters. The molecule has 0 radical (unpaired) electrons. The molecule has 2 heterocycles. The van der Waals surface area contributed by atoms with Gasteiger partial charge < -0.3 is 20.7 Å². The van der Waals surface area contributed by atoms with Crippen LogP contribution in [-0.4, -0.2) is 46.7 Å². The Bertz CT molecular complexity index is 992. The van der Waals surface area contributed by atoms with Gasteiger partial charge in [0.1, 0.15) is 12.6 Å². The Hall–Kier alpha value is -3.27. The number of hydrogen-bond acceptors (Lipinski definition) is 7. The summed E-state index contributed by atoms with van der Waals surface area (Å²) in [6, 6.07) is 7.24. The van der Waals surface area contributed by atoms with Gasteiger partial charge in [0.05, 0.1) is 6.04 Å². The molecular weight excluding hydrogens is 444 g/mol. The number of carbonyl (C=O) groups is 4. The first-order valence-electron chi connectivity index (χ1n) is 10.9. The van der Waals surface area contributed by atoms with Crippen LogP contribution in [0.1, 0.15) is 36.3 Å². The summed E-state index contributed by atoms with van der Waals surface area (Å²) in [7, 11) is 0. The Labute approximate surface area is 196 Å². The molecule has 0 aliphatic carbocycles. The van der Waals surface area contributed by atoms with Crippen molar-refractivity contribution in [3.05, 3.63) is 52.5 Å². The van der Waals surface area contributed by atoms with E-state index in [1.54, 1.807) is 20.0 Å². The summed E-state index contributed by atoms with van der Waals surface area (Å²) in [5.41, 5.74) is 1.82. The van der Waals surface area contributed by atoms with Gasteiger partial charge in [0.2, 0.25) is 11.7 Å². The molecule has 3 amide bonds. The highest BCUT2D eigenvalue weighted by Gasteiger charge is 2.32. The Kier molecular flexibility index (Phi) is 8.53. The van der Waals surface area contributed by atoms with Gasteiger partial charge in [-0.2, -0.15) is 0 Å². The van der Waals surface area contributed by atoms with E-state index in [1.165, 1.54) is 11.5 Å². The number of Topliss-reactive ketones (excluding diaryl/α,β-unsaturated/α-hetero) is 1. The summed E-state index contributed by atoms with van der Waals surface area (Å²) >= 11 is 1.36. The predicted molar refractivity (Wildman–Crippen MR) is 122 cm³/mol. The van der Waals surface area contributed by atoms with E-state index in [-0.39, 0.29) is 18.9 Å². The molecule has 0 fully saturated rings. The number of ether oxygens (including phenoxy) is 1. The molecule has 0 spiro atoms. The predicted octanol–water partition coefficient (Wildman–Crippen LogP) is 1.75. The number of aromatic nitrogens is 1. The number of carbonyl (C=O) groups excluding carboxylic acids is 4. The van der Waals surface area contributed by atoms with Crippen molar-refractivity contribution in [2.24, 2.45) is 5.92 Å². The number of amides is 3. The lowest BCUT2D eigenvalue weighted by molar-refractivity contribution is -0.140. The highest BCUT2D eigenvalue weighted by molar-refractivity contribution is 7.05. The third-order valence-electron chi connectivity index (χ3n) is 5.36. The second kappa shape index (κ2) is 11.6. The zero-order valence-electron chi connectivity index (χ0n) is 18.6. The second-order valence-electron chi connectivity index (χ2n) is 8.17. The van der Waals surface area contributed by atoms with Crippen LogP contribution in [0.25, 0.3) is 0 Å². The minimum atomic E-state index is -1.01. The number of rotatable bonds is 6. The monoisotopic (exact) mass is 472 g/mol. The fourth-order valence-electron chi connectivity index (χ4n) is 3.49. The van der Waals surface area contributed by atoms with E-state index >= 15 is 0 Å². The minimum Gasteiger partial charge on any atom is -0.445 e. The van der Waals surface area contributed by atoms with E-state index in [0.29, 0.717) is 19.4 Å². The average Bonchev–Trinajstić information content (AvgIpc) is 3.25. The van der Waals surface area contributed by atoms with Crippen LogP contribution in [0.3, 0.4) is 0 Å². The minimum absolute atomic E-state index is 0.0669. The average molecular weight is 473 g/mol. The molecule has 1 aliphatic heterocycles. The normalized spacial score (nSPS) is 17.5. The molecular formula is C23H28N4O5S. The van der Waals surface area contributed by atoms with Gasteiger partial charge in [-0.3, -0.25) is 14.4 Å². The molecule has 0 saturated heterocycles. The summed E-state index contributed by atoms with van der Waals surface area (Å²) in [6.07, 6.45) is 2.40. The van der Waals surface area contributed by atoms with E-state index in [2.05, 4.69) is 20.3 Å². The van der Waals surface area contributed by atoms with Gasteiger partial charge in [0.15, 0.2) is 0 Å². The molecule has 2 aromatic rings. The molecule has 0 saturated carbocycles. The van der Waals surface area contributed by atoms with Gasteiger partial charge in [0, 0.05) is 24.0 Å². The largest absolute Gasteiger partial charge is 0.445 e. The Morgan fingerprint density at radius 1 is 1.21 bits per heavy atom. The van der Waals surface area contributed by atoms with Crippen LogP contribution in [-0.2, 0) is 38.6 Å². The number of nitrogens with zero attached hydrogens (tertiary/aromatic N) is 1. The van der Waals surface area contributed by atoms with Gasteiger partial charge >= 0.3 is 6.09 Å². The van der Waals surface area contributed by atoms with Crippen molar-refractivity contribution in [2.45, 2.75) is 51.8 Å². The number of benzene rings is 1. The number of nitrogens with one attached hydrogen (secondary N) is 3. The third-order valence-corrected chi connectivity index (χ3v) is 6.26. The highest BCUT2D eigenvalue weighted by atomic mass is 32.1. The van der Waals surface area contributed by atoms with Crippen LogP contribution in [0, 0.1) is 5.92 Å². The van der Waals surface area contributed by atoms with Gasteiger partial charge in [-0.25, -0.2) is 9.17 Å². The summed E-state index contributed by atoms with van der Waals surface area (Å²) in [6.45, 7) is 3.93. The van der Waals surface area contributed by atoms with Gasteiger partial charge in [0.25, 0.3) is 5.91 Å². The maximum Gasteiger partial charge on any atom is 0.408 e. The van der Waals surface area contributed by atoms with Crippen LogP contribution >= 0.6 is 11.5 Å². The molecule has 176 valence electrons. The summed E-state index contributed by atoms with van der Waals surface area (Å²) in [5, 5.41) is 7.83. The van der Waals surface area contributed by atoms with Crippen LogP contribution < -0.4 is 16.0 Å². The molecule has 1 aromatic heterocycles.